The second kappa shape index (κ2) is 3.83. The molecule has 3 nitrogen and oxygen atoms in total. The number of halogens is 1. The normalized spacial score (nSPS) is 12.6. The van der Waals surface area contributed by atoms with Gasteiger partial charge in [0.05, 0.1) is 12.5 Å². The summed E-state index contributed by atoms with van der Waals surface area (Å²) in [5, 5.41) is -0.239. The van der Waals surface area contributed by atoms with Crippen LogP contribution in [0.15, 0.2) is 10.5 Å². The van der Waals surface area contributed by atoms with Crippen LogP contribution in [0.3, 0.4) is 0 Å². The van der Waals surface area contributed by atoms with Crippen LogP contribution in [0.2, 0.25) is 0 Å². The lowest BCUT2D eigenvalue weighted by Crippen LogP contribution is -2.00. The van der Waals surface area contributed by atoms with Gasteiger partial charge in [-0.15, -0.1) is 11.6 Å². The first-order chi connectivity index (χ1) is 6.06. The van der Waals surface area contributed by atoms with Crippen molar-refractivity contribution in [2.75, 3.05) is 7.11 Å². The molecule has 0 aliphatic rings. The predicted octanol–water partition coefficient (Wildman–Crippen LogP) is 2.67. The number of aryl methyl sites for hydroxylation is 1. The summed E-state index contributed by atoms with van der Waals surface area (Å²) in [4.78, 5) is 11.1. The van der Waals surface area contributed by atoms with Crippen molar-refractivity contribution in [3.63, 3.8) is 0 Å². The van der Waals surface area contributed by atoms with Gasteiger partial charge < -0.3 is 9.15 Å². The molecule has 0 unspecified atom stereocenters. The molecule has 1 aromatic heterocycles. The van der Waals surface area contributed by atoms with Crippen LogP contribution in [0.1, 0.15) is 34.2 Å². The Morgan fingerprint density at radius 1 is 1.69 bits per heavy atom. The van der Waals surface area contributed by atoms with Gasteiger partial charge >= 0.3 is 5.97 Å². The maximum absolute atomic E-state index is 11.1. The number of hydrogen-bond acceptors (Lipinski definition) is 3. The van der Waals surface area contributed by atoms with Gasteiger partial charge in [0.2, 0.25) is 5.76 Å². The smallest absolute Gasteiger partial charge is 0.374 e. The molecule has 0 bridgehead atoms. The van der Waals surface area contributed by atoms with E-state index in [1.807, 2.05) is 0 Å². The average Bonchev–Trinajstić information content (AvgIpc) is 2.46. The summed E-state index contributed by atoms with van der Waals surface area (Å²) in [6.07, 6.45) is 0. The molecule has 0 N–H and O–H groups in total. The fourth-order valence-electron chi connectivity index (χ4n) is 0.998. The molecule has 0 fully saturated rings. The average molecular weight is 203 g/mol. The minimum Gasteiger partial charge on any atom is -0.463 e. The highest BCUT2D eigenvalue weighted by molar-refractivity contribution is 6.20. The van der Waals surface area contributed by atoms with E-state index < -0.39 is 5.97 Å². The summed E-state index contributed by atoms with van der Waals surface area (Å²) in [5.41, 5.74) is 0.745. The van der Waals surface area contributed by atoms with Gasteiger partial charge in [0.1, 0.15) is 5.76 Å². The largest absolute Gasteiger partial charge is 0.463 e. The van der Waals surface area contributed by atoms with Crippen molar-refractivity contribution in [1.29, 1.82) is 0 Å². The van der Waals surface area contributed by atoms with Crippen molar-refractivity contribution in [3.8, 4) is 0 Å². The van der Waals surface area contributed by atoms with Crippen LogP contribution >= 0.6 is 11.6 Å². The van der Waals surface area contributed by atoms with Crippen molar-refractivity contribution in [1.82, 2.24) is 0 Å². The minimum atomic E-state index is -0.471. The lowest BCUT2D eigenvalue weighted by atomic mass is 10.2. The first-order valence-corrected chi connectivity index (χ1v) is 4.32. The number of esters is 1. The van der Waals surface area contributed by atoms with Crippen LogP contribution < -0.4 is 0 Å². The topological polar surface area (TPSA) is 39.4 Å². The summed E-state index contributed by atoms with van der Waals surface area (Å²) in [7, 11) is 1.31. The highest BCUT2D eigenvalue weighted by atomic mass is 35.5. The fourth-order valence-corrected chi connectivity index (χ4v) is 1.11. The van der Waals surface area contributed by atoms with Gasteiger partial charge in [-0.05, 0) is 19.9 Å². The summed E-state index contributed by atoms with van der Waals surface area (Å²) in [5.74, 6) is 0.339. The van der Waals surface area contributed by atoms with E-state index in [2.05, 4.69) is 4.74 Å². The van der Waals surface area contributed by atoms with Crippen LogP contribution in [0.4, 0.5) is 0 Å². The molecule has 0 spiro atoms. The molecule has 0 saturated heterocycles. The number of alkyl halides is 1. The van der Waals surface area contributed by atoms with E-state index in [0.717, 1.165) is 5.56 Å². The number of carbonyl (C=O) groups excluding carboxylic acids is 1. The van der Waals surface area contributed by atoms with Crippen molar-refractivity contribution in [2.45, 2.75) is 19.2 Å². The highest BCUT2D eigenvalue weighted by Crippen LogP contribution is 2.25. The van der Waals surface area contributed by atoms with E-state index >= 15 is 0 Å². The van der Waals surface area contributed by atoms with Gasteiger partial charge in [-0.25, -0.2) is 4.79 Å². The van der Waals surface area contributed by atoms with Gasteiger partial charge in [-0.1, -0.05) is 0 Å². The lowest BCUT2D eigenvalue weighted by molar-refractivity contribution is 0.0562. The highest BCUT2D eigenvalue weighted by Gasteiger charge is 2.17. The summed E-state index contributed by atoms with van der Waals surface area (Å²) in [6.45, 7) is 3.55. The zero-order chi connectivity index (χ0) is 10.0. The summed E-state index contributed by atoms with van der Waals surface area (Å²) in [6, 6.07) is 1.74. The quantitative estimate of drug-likeness (QED) is 0.547. The van der Waals surface area contributed by atoms with E-state index in [-0.39, 0.29) is 11.1 Å². The number of rotatable bonds is 2. The second-order valence-corrected chi connectivity index (χ2v) is 3.42. The van der Waals surface area contributed by atoms with Crippen molar-refractivity contribution in [2.24, 2.45) is 0 Å². The maximum atomic E-state index is 11.1. The van der Waals surface area contributed by atoms with Gasteiger partial charge in [0.25, 0.3) is 0 Å². The predicted molar refractivity (Wildman–Crippen MR) is 49.1 cm³/mol. The first kappa shape index (κ1) is 10.1. The van der Waals surface area contributed by atoms with Crippen LogP contribution in [0.5, 0.6) is 0 Å². The van der Waals surface area contributed by atoms with E-state index in [1.54, 1.807) is 19.9 Å². The Labute approximate surface area is 81.6 Å². The molecule has 1 aromatic rings. The maximum Gasteiger partial charge on any atom is 0.374 e. The van der Waals surface area contributed by atoms with Crippen molar-refractivity contribution >= 4 is 17.6 Å². The second-order valence-electron chi connectivity index (χ2n) is 2.77. The number of hydrogen-bond donors (Lipinski definition) is 0. The molecular weight excluding hydrogens is 192 g/mol. The Bertz CT molecular complexity index is 315. The Morgan fingerprint density at radius 2 is 2.31 bits per heavy atom. The van der Waals surface area contributed by atoms with E-state index in [0.29, 0.717) is 5.76 Å². The zero-order valence-electron chi connectivity index (χ0n) is 7.76. The Balaban J connectivity index is 3.03. The molecule has 13 heavy (non-hydrogen) atoms. The number of ether oxygens (including phenoxy) is 1. The van der Waals surface area contributed by atoms with E-state index in [1.165, 1.54) is 7.11 Å². The molecular formula is C9H11ClO3. The summed E-state index contributed by atoms with van der Waals surface area (Å²) < 4.78 is 9.76. The Hall–Kier alpha value is -0.960. The molecule has 72 valence electrons. The number of furan rings is 1. The van der Waals surface area contributed by atoms with Gasteiger partial charge in [0, 0.05) is 5.56 Å². The molecule has 4 heteroatoms. The molecule has 0 radical (unpaired) electrons. The number of methoxy groups -OCH3 is 1. The van der Waals surface area contributed by atoms with Crippen LogP contribution in [0.25, 0.3) is 0 Å². The van der Waals surface area contributed by atoms with Crippen LogP contribution in [0, 0.1) is 6.92 Å². The SMILES string of the molecule is COC(=O)c1oc([C@@H](C)Cl)cc1C. The Kier molecular flexibility index (Phi) is 2.98. The van der Waals surface area contributed by atoms with Gasteiger partial charge in [-0.2, -0.15) is 0 Å². The monoisotopic (exact) mass is 202 g/mol. The van der Waals surface area contributed by atoms with Gasteiger partial charge in [-0.3, -0.25) is 0 Å². The Morgan fingerprint density at radius 3 is 2.69 bits per heavy atom. The third-order valence-corrected chi connectivity index (χ3v) is 1.91. The molecule has 0 aliphatic carbocycles. The van der Waals surface area contributed by atoms with E-state index in [9.17, 15) is 4.79 Å². The molecule has 0 aliphatic heterocycles. The molecule has 0 saturated carbocycles. The first-order valence-electron chi connectivity index (χ1n) is 3.89. The van der Waals surface area contributed by atoms with Crippen LogP contribution in [-0.4, -0.2) is 13.1 Å². The van der Waals surface area contributed by atoms with E-state index in [4.69, 9.17) is 16.0 Å². The summed E-state index contributed by atoms with van der Waals surface area (Å²) >= 11 is 5.79. The van der Waals surface area contributed by atoms with Crippen LogP contribution in [-0.2, 0) is 4.74 Å². The van der Waals surface area contributed by atoms with Gasteiger partial charge in [0.15, 0.2) is 0 Å². The molecule has 0 aromatic carbocycles. The third-order valence-electron chi connectivity index (χ3n) is 1.70. The standard InChI is InChI=1S/C9H11ClO3/c1-5-4-7(6(2)10)13-8(5)9(11)12-3/h4,6H,1-3H3/t6-/m1/s1. The fraction of sp³-hybridized carbons (Fsp3) is 0.444. The molecule has 1 atom stereocenters. The zero-order valence-corrected chi connectivity index (χ0v) is 8.51. The minimum absolute atomic E-state index is 0.227. The molecule has 1 heterocycles. The third kappa shape index (κ3) is 2.04. The van der Waals surface area contributed by atoms with Crippen molar-refractivity contribution in [3.05, 3.63) is 23.2 Å². The molecule has 0 amide bonds. The molecule has 1 rings (SSSR count). The van der Waals surface area contributed by atoms with Crippen molar-refractivity contribution < 1.29 is 13.9 Å². The number of carbonyl (C=O) groups is 1. The lowest BCUT2D eigenvalue weighted by Gasteiger charge is -1.96.